The number of hydrogen-bond acceptors (Lipinski definition) is 4. The first kappa shape index (κ1) is 17.9. The highest BCUT2D eigenvalue weighted by Crippen LogP contribution is 2.26. The van der Waals surface area contributed by atoms with E-state index < -0.39 is 17.7 Å². The molecule has 1 aliphatic rings. The summed E-state index contributed by atoms with van der Waals surface area (Å²) >= 11 is 0. The molecule has 0 radical (unpaired) electrons. The van der Waals surface area contributed by atoms with Crippen LogP contribution in [0.4, 0.5) is 0 Å². The summed E-state index contributed by atoms with van der Waals surface area (Å²) in [4.78, 5) is 11.9. The lowest BCUT2D eigenvalue weighted by Crippen LogP contribution is -2.72. The van der Waals surface area contributed by atoms with Crippen LogP contribution in [0.1, 0.15) is 38.7 Å². The number of aryl methyl sites for hydroxylation is 1. The minimum absolute atomic E-state index is 0.104. The highest BCUT2D eigenvalue weighted by atomic mass is 16.3. The Bertz CT molecular complexity index is 508. The van der Waals surface area contributed by atoms with E-state index in [-0.39, 0.29) is 11.9 Å². The van der Waals surface area contributed by atoms with E-state index in [4.69, 9.17) is 0 Å². The van der Waals surface area contributed by atoms with Crippen molar-refractivity contribution < 1.29 is 15.0 Å². The predicted molar refractivity (Wildman–Crippen MR) is 90.0 cm³/mol. The van der Waals surface area contributed by atoms with Gasteiger partial charge in [0.1, 0.15) is 6.10 Å². The fourth-order valence-electron chi connectivity index (χ4n) is 3.20. The van der Waals surface area contributed by atoms with Gasteiger partial charge in [-0.3, -0.25) is 4.79 Å². The van der Waals surface area contributed by atoms with E-state index in [1.807, 2.05) is 25.1 Å². The van der Waals surface area contributed by atoms with E-state index in [0.717, 1.165) is 12.8 Å². The van der Waals surface area contributed by atoms with Crippen molar-refractivity contribution in [3.63, 3.8) is 0 Å². The Balaban J connectivity index is 2.06. The number of aliphatic hydroxyl groups is 2. The SMILES string of the molecule is CCC(=O)N[C@@]1(CCCc2ccccc2)CN[C@H](C)[C@@H](O)[C@@H]1O. The predicted octanol–water partition coefficient (Wildman–Crippen LogP) is 0.988. The molecule has 1 fully saturated rings. The Morgan fingerprint density at radius 2 is 2.04 bits per heavy atom. The van der Waals surface area contributed by atoms with Crippen molar-refractivity contribution in [2.45, 2.75) is 63.3 Å². The van der Waals surface area contributed by atoms with E-state index >= 15 is 0 Å². The van der Waals surface area contributed by atoms with E-state index in [9.17, 15) is 15.0 Å². The van der Waals surface area contributed by atoms with Crippen LogP contribution in [0.2, 0.25) is 0 Å². The third kappa shape index (κ3) is 4.31. The molecule has 4 N–H and O–H groups in total. The molecule has 5 heteroatoms. The third-order valence-electron chi connectivity index (χ3n) is 4.78. The van der Waals surface area contributed by atoms with Gasteiger partial charge in [0, 0.05) is 19.0 Å². The van der Waals surface area contributed by atoms with Gasteiger partial charge < -0.3 is 20.8 Å². The number of benzene rings is 1. The maximum atomic E-state index is 11.9. The summed E-state index contributed by atoms with van der Waals surface area (Å²) in [6.07, 6.45) is 0.823. The van der Waals surface area contributed by atoms with Gasteiger partial charge in [-0.1, -0.05) is 37.3 Å². The Hall–Kier alpha value is -1.43. The Labute approximate surface area is 138 Å². The minimum Gasteiger partial charge on any atom is -0.389 e. The summed E-state index contributed by atoms with van der Waals surface area (Å²) in [5.41, 5.74) is 0.421. The molecular formula is C18H28N2O3. The van der Waals surface area contributed by atoms with Crippen LogP contribution in [0.3, 0.4) is 0 Å². The maximum absolute atomic E-state index is 11.9. The topological polar surface area (TPSA) is 81.6 Å². The number of aliphatic hydroxyl groups excluding tert-OH is 2. The van der Waals surface area contributed by atoms with Crippen molar-refractivity contribution in [3.05, 3.63) is 35.9 Å². The first-order valence-corrected chi connectivity index (χ1v) is 8.43. The van der Waals surface area contributed by atoms with Gasteiger partial charge in [-0.2, -0.15) is 0 Å². The van der Waals surface area contributed by atoms with Gasteiger partial charge in [-0.25, -0.2) is 0 Å². The first-order valence-electron chi connectivity index (χ1n) is 8.43. The summed E-state index contributed by atoms with van der Waals surface area (Å²) in [6.45, 7) is 4.09. The number of nitrogens with one attached hydrogen (secondary N) is 2. The molecule has 0 aromatic heterocycles. The fourth-order valence-corrected chi connectivity index (χ4v) is 3.20. The van der Waals surface area contributed by atoms with Crippen molar-refractivity contribution in [1.29, 1.82) is 0 Å². The maximum Gasteiger partial charge on any atom is 0.220 e. The molecule has 0 saturated carbocycles. The molecule has 4 atom stereocenters. The summed E-state index contributed by atoms with van der Waals surface area (Å²) < 4.78 is 0. The van der Waals surface area contributed by atoms with Crippen LogP contribution in [0.15, 0.2) is 30.3 Å². The molecular weight excluding hydrogens is 292 g/mol. The molecule has 1 aromatic carbocycles. The number of rotatable bonds is 6. The molecule has 1 heterocycles. The number of carbonyl (C=O) groups excluding carboxylic acids is 1. The van der Waals surface area contributed by atoms with Crippen molar-refractivity contribution >= 4 is 5.91 Å². The molecule has 1 saturated heterocycles. The molecule has 23 heavy (non-hydrogen) atoms. The van der Waals surface area contributed by atoms with Crippen LogP contribution in [-0.4, -0.2) is 46.5 Å². The van der Waals surface area contributed by atoms with Gasteiger partial charge in [0.2, 0.25) is 5.91 Å². The largest absolute Gasteiger partial charge is 0.389 e. The summed E-state index contributed by atoms with van der Waals surface area (Å²) in [5, 5.41) is 27.0. The zero-order valence-electron chi connectivity index (χ0n) is 14.0. The third-order valence-corrected chi connectivity index (χ3v) is 4.78. The molecule has 2 rings (SSSR count). The molecule has 1 amide bonds. The quantitative estimate of drug-likeness (QED) is 0.630. The van der Waals surface area contributed by atoms with Gasteiger partial charge in [-0.15, -0.1) is 0 Å². The first-order chi connectivity index (χ1) is 11.0. The lowest BCUT2D eigenvalue weighted by atomic mass is 9.78. The number of amides is 1. The van der Waals surface area contributed by atoms with E-state index in [1.165, 1.54) is 5.56 Å². The highest BCUT2D eigenvalue weighted by molar-refractivity contribution is 5.76. The van der Waals surface area contributed by atoms with Gasteiger partial charge in [0.05, 0.1) is 11.6 Å². The second-order valence-electron chi connectivity index (χ2n) is 6.50. The van der Waals surface area contributed by atoms with Crippen LogP contribution in [0, 0.1) is 0 Å². The average Bonchev–Trinajstić information content (AvgIpc) is 2.57. The smallest absolute Gasteiger partial charge is 0.220 e. The van der Waals surface area contributed by atoms with Crippen LogP contribution in [0.25, 0.3) is 0 Å². The summed E-state index contributed by atoms with van der Waals surface area (Å²) in [7, 11) is 0. The lowest BCUT2D eigenvalue weighted by Gasteiger charge is -2.47. The van der Waals surface area contributed by atoms with E-state index in [1.54, 1.807) is 6.92 Å². The van der Waals surface area contributed by atoms with Crippen molar-refractivity contribution in [3.8, 4) is 0 Å². The fraction of sp³-hybridized carbons (Fsp3) is 0.611. The number of hydrogen-bond donors (Lipinski definition) is 4. The van der Waals surface area contributed by atoms with Crippen molar-refractivity contribution in [2.24, 2.45) is 0 Å². The Morgan fingerprint density at radius 1 is 1.35 bits per heavy atom. The zero-order chi connectivity index (χ0) is 16.9. The zero-order valence-corrected chi connectivity index (χ0v) is 14.0. The highest BCUT2D eigenvalue weighted by Gasteiger charge is 2.47. The molecule has 0 aliphatic carbocycles. The molecule has 128 valence electrons. The Morgan fingerprint density at radius 3 is 2.70 bits per heavy atom. The molecule has 5 nitrogen and oxygen atoms in total. The van der Waals surface area contributed by atoms with E-state index in [2.05, 4.69) is 22.8 Å². The molecule has 1 aliphatic heterocycles. The van der Waals surface area contributed by atoms with Crippen molar-refractivity contribution in [1.82, 2.24) is 10.6 Å². The second kappa shape index (κ2) is 7.90. The van der Waals surface area contributed by atoms with E-state index in [0.29, 0.717) is 19.4 Å². The minimum atomic E-state index is -0.968. The Kier molecular flexibility index (Phi) is 6.16. The summed E-state index contributed by atoms with van der Waals surface area (Å²) in [6, 6.07) is 9.96. The number of piperidine rings is 1. The monoisotopic (exact) mass is 320 g/mol. The van der Waals surface area contributed by atoms with Gasteiger partial charge >= 0.3 is 0 Å². The van der Waals surface area contributed by atoms with Gasteiger partial charge in [0.25, 0.3) is 0 Å². The molecule has 1 aromatic rings. The van der Waals surface area contributed by atoms with Gasteiger partial charge in [0.15, 0.2) is 0 Å². The summed E-state index contributed by atoms with van der Waals surface area (Å²) in [5.74, 6) is -0.104. The van der Waals surface area contributed by atoms with Crippen LogP contribution in [0.5, 0.6) is 0 Å². The number of carbonyl (C=O) groups is 1. The molecule has 0 spiro atoms. The van der Waals surface area contributed by atoms with Crippen LogP contribution >= 0.6 is 0 Å². The van der Waals surface area contributed by atoms with Crippen LogP contribution < -0.4 is 10.6 Å². The standard InChI is InChI=1S/C18H28N2O3/c1-3-15(21)20-18(12-19-13(2)16(22)17(18)23)11-7-10-14-8-5-4-6-9-14/h4-6,8-9,13,16-17,19,22-23H,3,7,10-12H2,1-2H3,(H,20,21)/t13-,16-,17+,18+/m1/s1. The second-order valence-corrected chi connectivity index (χ2v) is 6.50. The lowest BCUT2D eigenvalue weighted by molar-refractivity contribution is -0.130. The molecule has 0 unspecified atom stereocenters. The van der Waals surface area contributed by atoms with Crippen LogP contribution in [-0.2, 0) is 11.2 Å². The molecule has 0 bridgehead atoms. The van der Waals surface area contributed by atoms with Crippen molar-refractivity contribution in [2.75, 3.05) is 6.54 Å². The average molecular weight is 320 g/mol. The normalized spacial score (nSPS) is 30.9. The van der Waals surface area contributed by atoms with Gasteiger partial charge in [-0.05, 0) is 31.7 Å².